The van der Waals surface area contributed by atoms with Gasteiger partial charge in [0, 0.05) is 11.8 Å². The van der Waals surface area contributed by atoms with E-state index in [9.17, 15) is 0 Å². The van der Waals surface area contributed by atoms with E-state index in [1.165, 1.54) is 16.1 Å². The Kier molecular flexibility index (Phi) is 2.96. The molecule has 0 N–H and O–H groups in total. The maximum atomic E-state index is 4.55. The van der Waals surface area contributed by atoms with Gasteiger partial charge in [0.25, 0.3) is 0 Å². The zero-order chi connectivity index (χ0) is 9.10. The molecule has 0 aliphatic heterocycles. The van der Waals surface area contributed by atoms with Gasteiger partial charge in [0.2, 0.25) is 0 Å². The molecule has 1 heterocycles. The molecule has 2 aromatic rings. The lowest BCUT2D eigenvalue weighted by molar-refractivity contribution is 0.929. The molecule has 68 valence electrons. The van der Waals surface area contributed by atoms with Crippen LogP contribution in [0.2, 0.25) is 0 Å². The number of para-hydroxylation sites is 1. The summed E-state index contributed by atoms with van der Waals surface area (Å²) < 4.78 is 1.30. The SMILES string of the molecule is BrCCCc1nc2ccccc2s1. The van der Waals surface area contributed by atoms with Crippen molar-refractivity contribution in [3.63, 3.8) is 0 Å². The molecule has 0 unspecified atom stereocenters. The number of halogens is 1. The Hall–Kier alpha value is -0.410. The minimum Gasteiger partial charge on any atom is -0.241 e. The largest absolute Gasteiger partial charge is 0.241 e. The summed E-state index contributed by atoms with van der Waals surface area (Å²) in [5.41, 5.74) is 1.14. The van der Waals surface area contributed by atoms with Crippen molar-refractivity contribution < 1.29 is 0 Å². The first-order valence-corrected chi connectivity index (χ1v) is 6.24. The topological polar surface area (TPSA) is 12.9 Å². The van der Waals surface area contributed by atoms with Gasteiger partial charge in [-0.1, -0.05) is 28.1 Å². The fourth-order valence-corrected chi connectivity index (χ4v) is 2.53. The minimum absolute atomic E-state index is 1.06. The number of rotatable bonds is 3. The average molecular weight is 256 g/mol. The van der Waals surface area contributed by atoms with E-state index in [1.807, 2.05) is 6.07 Å². The molecule has 0 bridgehead atoms. The fourth-order valence-electron chi connectivity index (χ4n) is 1.24. The van der Waals surface area contributed by atoms with Crippen LogP contribution in [0.3, 0.4) is 0 Å². The highest BCUT2D eigenvalue weighted by Crippen LogP contribution is 2.22. The van der Waals surface area contributed by atoms with Gasteiger partial charge in [0.05, 0.1) is 15.2 Å². The molecule has 1 aromatic heterocycles. The van der Waals surface area contributed by atoms with Crippen molar-refractivity contribution in [3.8, 4) is 0 Å². The Morgan fingerprint density at radius 1 is 1.31 bits per heavy atom. The second-order valence-electron chi connectivity index (χ2n) is 2.87. The second kappa shape index (κ2) is 4.20. The maximum Gasteiger partial charge on any atom is 0.0938 e. The highest BCUT2D eigenvalue weighted by atomic mass is 79.9. The molecular formula is C10H10BrNS. The van der Waals surface area contributed by atoms with Gasteiger partial charge in [-0.2, -0.15) is 0 Å². The number of aryl methyl sites for hydroxylation is 1. The van der Waals surface area contributed by atoms with E-state index >= 15 is 0 Å². The lowest BCUT2D eigenvalue weighted by atomic mass is 10.3. The van der Waals surface area contributed by atoms with Crippen LogP contribution in [0.4, 0.5) is 0 Å². The molecule has 0 radical (unpaired) electrons. The van der Waals surface area contributed by atoms with Crippen LogP contribution in [0.5, 0.6) is 0 Å². The van der Waals surface area contributed by atoms with Gasteiger partial charge in [-0.25, -0.2) is 4.98 Å². The molecule has 1 aromatic carbocycles. The van der Waals surface area contributed by atoms with Gasteiger partial charge in [0.1, 0.15) is 0 Å². The van der Waals surface area contributed by atoms with E-state index in [2.05, 4.69) is 39.1 Å². The van der Waals surface area contributed by atoms with Gasteiger partial charge in [-0.3, -0.25) is 0 Å². The van der Waals surface area contributed by atoms with Crippen LogP contribution in [0.25, 0.3) is 10.2 Å². The zero-order valence-corrected chi connectivity index (χ0v) is 9.57. The van der Waals surface area contributed by atoms with E-state index in [1.54, 1.807) is 11.3 Å². The summed E-state index contributed by atoms with van der Waals surface area (Å²) in [5, 5.41) is 2.31. The van der Waals surface area contributed by atoms with Crippen LogP contribution in [-0.4, -0.2) is 10.3 Å². The Balaban J connectivity index is 2.28. The normalized spacial score (nSPS) is 10.8. The van der Waals surface area contributed by atoms with Crippen LogP contribution in [0.15, 0.2) is 24.3 Å². The molecule has 0 spiro atoms. The quantitative estimate of drug-likeness (QED) is 0.764. The van der Waals surface area contributed by atoms with Crippen LogP contribution in [0, 0.1) is 0 Å². The summed E-state index contributed by atoms with van der Waals surface area (Å²) in [6, 6.07) is 8.30. The molecule has 0 fully saturated rings. The third kappa shape index (κ3) is 2.09. The summed E-state index contributed by atoms with van der Waals surface area (Å²) in [7, 11) is 0. The summed E-state index contributed by atoms with van der Waals surface area (Å²) in [4.78, 5) is 4.55. The van der Waals surface area contributed by atoms with Crippen molar-refractivity contribution in [1.29, 1.82) is 0 Å². The summed E-state index contributed by atoms with van der Waals surface area (Å²) in [5.74, 6) is 0. The number of benzene rings is 1. The van der Waals surface area contributed by atoms with Crippen molar-refractivity contribution in [3.05, 3.63) is 29.3 Å². The summed E-state index contributed by atoms with van der Waals surface area (Å²) in [6.07, 6.45) is 2.25. The maximum absolute atomic E-state index is 4.55. The molecule has 0 aliphatic rings. The number of thiazole rings is 1. The van der Waals surface area contributed by atoms with E-state index in [0.29, 0.717) is 0 Å². The highest BCUT2D eigenvalue weighted by Gasteiger charge is 2.01. The third-order valence-electron chi connectivity index (χ3n) is 1.86. The van der Waals surface area contributed by atoms with E-state index < -0.39 is 0 Å². The van der Waals surface area contributed by atoms with E-state index in [0.717, 1.165) is 17.3 Å². The van der Waals surface area contributed by atoms with Gasteiger partial charge >= 0.3 is 0 Å². The van der Waals surface area contributed by atoms with E-state index in [4.69, 9.17) is 0 Å². The van der Waals surface area contributed by atoms with E-state index in [-0.39, 0.29) is 0 Å². The number of alkyl halides is 1. The summed E-state index contributed by atoms with van der Waals surface area (Å²) in [6.45, 7) is 0. The van der Waals surface area contributed by atoms with Crippen molar-refractivity contribution >= 4 is 37.5 Å². The summed E-state index contributed by atoms with van der Waals surface area (Å²) >= 11 is 5.23. The Bertz CT molecular complexity index is 363. The van der Waals surface area contributed by atoms with Crippen LogP contribution in [0.1, 0.15) is 11.4 Å². The Morgan fingerprint density at radius 3 is 2.92 bits per heavy atom. The zero-order valence-electron chi connectivity index (χ0n) is 7.16. The predicted octanol–water partition coefficient (Wildman–Crippen LogP) is 3.62. The predicted molar refractivity (Wildman–Crippen MR) is 61.7 cm³/mol. The van der Waals surface area contributed by atoms with Crippen LogP contribution in [-0.2, 0) is 6.42 Å². The Labute approximate surface area is 89.9 Å². The van der Waals surface area contributed by atoms with Crippen LogP contribution >= 0.6 is 27.3 Å². The molecule has 0 aliphatic carbocycles. The van der Waals surface area contributed by atoms with Crippen LogP contribution < -0.4 is 0 Å². The van der Waals surface area contributed by atoms with Gasteiger partial charge < -0.3 is 0 Å². The van der Waals surface area contributed by atoms with Crippen molar-refractivity contribution in [1.82, 2.24) is 4.98 Å². The number of hydrogen-bond donors (Lipinski definition) is 0. The molecule has 0 atom stereocenters. The minimum atomic E-state index is 1.06. The van der Waals surface area contributed by atoms with Gasteiger partial charge in [-0.05, 0) is 18.6 Å². The molecule has 0 saturated heterocycles. The lowest BCUT2D eigenvalue weighted by Crippen LogP contribution is -1.83. The molecule has 3 heteroatoms. The molecule has 2 rings (SSSR count). The average Bonchev–Trinajstić information content (AvgIpc) is 2.57. The van der Waals surface area contributed by atoms with Gasteiger partial charge in [0.15, 0.2) is 0 Å². The first-order chi connectivity index (χ1) is 6.40. The molecule has 13 heavy (non-hydrogen) atoms. The molecular weight excluding hydrogens is 246 g/mol. The smallest absolute Gasteiger partial charge is 0.0938 e. The molecule has 1 nitrogen and oxygen atoms in total. The second-order valence-corrected chi connectivity index (χ2v) is 4.78. The fraction of sp³-hybridized carbons (Fsp3) is 0.300. The lowest BCUT2D eigenvalue weighted by Gasteiger charge is -1.88. The number of hydrogen-bond acceptors (Lipinski definition) is 2. The first-order valence-electron chi connectivity index (χ1n) is 4.30. The monoisotopic (exact) mass is 255 g/mol. The Morgan fingerprint density at radius 2 is 2.15 bits per heavy atom. The standard InChI is InChI=1S/C10H10BrNS/c11-7-3-6-10-12-8-4-1-2-5-9(8)13-10/h1-2,4-5H,3,6-7H2. The van der Waals surface area contributed by atoms with Crippen molar-refractivity contribution in [2.75, 3.05) is 5.33 Å². The highest BCUT2D eigenvalue weighted by molar-refractivity contribution is 9.09. The molecule has 0 saturated carbocycles. The third-order valence-corrected chi connectivity index (χ3v) is 3.52. The van der Waals surface area contributed by atoms with Crippen molar-refractivity contribution in [2.24, 2.45) is 0 Å². The van der Waals surface area contributed by atoms with Crippen molar-refractivity contribution in [2.45, 2.75) is 12.8 Å². The number of fused-ring (bicyclic) bond motifs is 1. The first kappa shape index (κ1) is 9.16. The van der Waals surface area contributed by atoms with Gasteiger partial charge in [-0.15, -0.1) is 11.3 Å². The number of nitrogens with zero attached hydrogens (tertiary/aromatic N) is 1. The molecule has 0 amide bonds. The number of aromatic nitrogens is 1.